The molecule has 0 radical (unpaired) electrons. The first-order valence-corrected chi connectivity index (χ1v) is 17.7. The monoisotopic (exact) mass is 670 g/mol. The maximum Gasteiger partial charge on any atom is 0.238 e. The Kier molecular flexibility index (Phi) is 6.02. The number of para-hydroxylation sites is 3. The van der Waals surface area contributed by atoms with Gasteiger partial charge in [-0.2, -0.15) is 9.97 Å². The molecule has 0 saturated carbocycles. The van der Waals surface area contributed by atoms with E-state index in [9.17, 15) is 0 Å². The number of aromatic nitrogens is 6. The molecule has 0 atom stereocenters. The third-order valence-corrected chi connectivity index (χ3v) is 11.1. The van der Waals surface area contributed by atoms with Crippen LogP contribution in [-0.2, 0) is 0 Å². The van der Waals surface area contributed by atoms with E-state index in [0.717, 1.165) is 55.0 Å². The van der Waals surface area contributed by atoms with Gasteiger partial charge in [0.1, 0.15) is 0 Å². The van der Waals surface area contributed by atoms with Gasteiger partial charge < -0.3 is 4.57 Å². The van der Waals surface area contributed by atoms with Gasteiger partial charge in [0.15, 0.2) is 11.6 Å². The number of hydrogen-bond donors (Lipinski definition) is 0. The second kappa shape index (κ2) is 10.9. The van der Waals surface area contributed by atoms with Crippen molar-refractivity contribution >= 4 is 75.1 Å². The summed E-state index contributed by atoms with van der Waals surface area (Å²) in [5.74, 6) is 1.78. The first-order valence-electron chi connectivity index (χ1n) is 16.9. The highest BCUT2D eigenvalue weighted by Gasteiger charge is 2.23. The Morgan fingerprint density at radius 3 is 1.92 bits per heavy atom. The van der Waals surface area contributed by atoms with Crippen LogP contribution >= 0.6 is 11.3 Å². The molecule has 0 N–H and O–H groups in total. The van der Waals surface area contributed by atoms with E-state index in [2.05, 4.69) is 142 Å². The van der Waals surface area contributed by atoms with Gasteiger partial charge in [0.2, 0.25) is 5.95 Å². The molecule has 51 heavy (non-hydrogen) atoms. The van der Waals surface area contributed by atoms with Crippen LogP contribution < -0.4 is 0 Å². The fourth-order valence-electron chi connectivity index (χ4n) is 7.67. The Labute approximate surface area is 295 Å². The molecule has 0 spiro atoms. The smallest absolute Gasteiger partial charge is 0.238 e. The first kappa shape index (κ1) is 28.2. The topological polar surface area (TPSA) is 61.4 Å². The summed E-state index contributed by atoms with van der Waals surface area (Å²) in [6.07, 6.45) is 3.85. The van der Waals surface area contributed by atoms with Crippen molar-refractivity contribution in [3.05, 3.63) is 158 Å². The Morgan fingerprint density at radius 2 is 1.10 bits per heavy atom. The Balaban J connectivity index is 1.24. The third-order valence-electron chi connectivity index (χ3n) is 9.90. The number of fused-ring (bicyclic) bond motifs is 10. The molecule has 7 heteroatoms. The van der Waals surface area contributed by atoms with Crippen LogP contribution in [0.1, 0.15) is 0 Å². The summed E-state index contributed by atoms with van der Waals surface area (Å²) in [7, 11) is 0. The Hall–Kier alpha value is -6.70. The van der Waals surface area contributed by atoms with Crippen molar-refractivity contribution in [1.82, 2.24) is 29.1 Å². The van der Waals surface area contributed by atoms with Crippen LogP contribution in [0.25, 0.3) is 98.2 Å². The number of nitrogens with zero attached hydrogens (tertiary/aromatic N) is 6. The second-order valence-corrected chi connectivity index (χ2v) is 13.8. The van der Waals surface area contributed by atoms with E-state index in [1.807, 2.05) is 41.9 Å². The fraction of sp³-hybridized carbons (Fsp3) is 0. The van der Waals surface area contributed by atoms with Crippen LogP contribution in [0.15, 0.2) is 158 Å². The maximum absolute atomic E-state index is 5.31. The average molecular weight is 671 g/mol. The minimum absolute atomic E-state index is 0.571. The molecule has 0 amide bonds. The fourth-order valence-corrected chi connectivity index (χ4v) is 8.91. The summed E-state index contributed by atoms with van der Waals surface area (Å²) in [6, 6.07) is 50.8. The van der Waals surface area contributed by atoms with Gasteiger partial charge in [0.05, 0.1) is 38.7 Å². The zero-order valence-electron chi connectivity index (χ0n) is 27.1. The molecular formula is C44H26N6S. The lowest BCUT2D eigenvalue weighted by Crippen LogP contribution is -2.07. The minimum atomic E-state index is 0.571. The van der Waals surface area contributed by atoms with Gasteiger partial charge in [-0.3, -0.25) is 9.55 Å². The van der Waals surface area contributed by atoms with Crippen molar-refractivity contribution in [1.29, 1.82) is 0 Å². The van der Waals surface area contributed by atoms with Crippen LogP contribution in [0, 0.1) is 0 Å². The number of benzene rings is 6. The molecule has 5 heterocycles. The molecular weight excluding hydrogens is 645 g/mol. The van der Waals surface area contributed by atoms with Gasteiger partial charge in [-0.05, 0) is 36.4 Å². The van der Waals surface area contributed by atoms with E-state index < -0.39 is 0 Å². The Morgan fingerprint density at radius 1 is 0.451 bits per heavy atom. The molecule has 238 valence electrons. The van der Waals surface area contributed by atoms with E-state index >= 15 is 0 Å². The molecule has 0 fully saturated rings. The largest absolute Gasteiger partial charge is 0.305 e. The SMILES string of the molecule is c1ccc(-c2nc(-c3ccccc3-n3c4cnccc4c4ccc5c6ccccc6sc5c43)nc(-n3c4ccccc4c4ccccc43)n2)cc1. The van der Waals surface area contributed by atoms with Crippen LogP contribution in [0.3, 0.4) is 0 Å². The third kappa shape index (κ3) is 4.16. The van der Waals surface area contributed by atoms with E-state index in [-0.39, 0.29) is 0 Å². The Bertz CT molecular complexity index is 3100. The van der Waals surface area contributed by atoms with Crippen molar-refractivity contribution in [2.45, 2.75) is 0 Å². The lowest BCUT2D eigenvalue weighted by molar-refractivity contribution is 0.951. The molecule has 0 aliphatic rings. The van der Waals surface area contributed by atoms with Gasteiger partial charge in [0, 0.05) is 54.3 Å². The highest BCUT2D eigenvalue weighted by atomic mass is 32.1. The molecule has 6 nitrogen and oxygen atoms in total. The number of thiophene rings is 1. The normalized spacial score (nSPS) is 11.9. The van der Waals surface area contributed by atoms with E-state index in [4.69, 9.17) is 15.0 Å². The molecule has 0 bridgehead atoms. The van der Waals surface area contributed by atoms with Crippen molar-refractivity contribution in [2.24, 2.45) is 0 Å². The van der Waals surface area contributed by atoms with Crippen LogP contribution in [0.2, 0.25) is 0 Å². The van der Waals surface area contributed by atoms with Gasteiger partial charge in [0.25, 0.3) is 0 Å². The molecule has 11 aromatic rings. The molecule has 5 aromatic heterocycles. The minimum Gasteiger partial charge on any atom is -0.305 e. The van der Waals surface area contributed by atoms with Gasteiger partial charge >= 0.3 is 0 Å². The van der Waals surface area contributed by atoms with Crippen LogP contribution in [0.4, 0.5) is 0 Å². The van der Waals surface area contributed by atoms with E-state index in [1.54, 1.807) is 0 Å². The lowest BCUT2D eigenvalue weighted by Gasteiger charge is -2.15. The van der Waals surface area contributed by atoms with Gasteiger partial charge in [-0.1, -0.05) is 109 Å². The van der Waals surface area contributed by atoms with Gasteiger partial charge in [-0.15, -0.1) is 11.3 Å². The summed E-state index contributed by atoms with van der Waals surface area (Å²) in [6.45, 7) is 0. The summed E-state index contributed by atoms with van der Waals surface area (Å²) in [4.78, 5) is 20.3. The van der Waals surface area contributed by atoms with E-state index in [0.29, 0.717) is 17.6 Å². The van der Waals surface area contributed by atoms with Crippen LogP contribution in [-0.4, -0.2) is 29.1 Å². The number of hydrogen-bond acceptors (Lipinski definition) is 5. The summed E-state index contributed by atoms with van der Waals surface area (Å²) >= 11 is 1.83. The zero-order valence-corrected chi connectivity index (χ0v) is 27.9. The molecule has 0 aliphatic heterocycles. The summed E-state index contributed by atoms with van der Waals surface area (Å²) in [5, 5.41) is 7.17. The number of rotatable bonds is 4. The van der Waals surface area contributed by atoms with Crippen molar-refractivity contribution in [2.75, 3.05) is 0 Å². The predicted molar refractivity (Wildman–Crippen MR) is 210 cm³/mol. The van der Waals surface area contributed by atoms with Crippen molar-refractivity contribution in [3.63, 3.8) is 0 Å². The van der Waals surface area contributed by atoms with Gasteiger partial charge in [-0.25, -0.2) is 4.98 Å². The second-order valence-electron chi connectivity index (χ2n) is 12.7. The highest BCUT2D eigenvalue weighted by Crippen LogP contribution is 2.44. The standard InChI is InChI=1S/C44H26N6S/c1-2-12-27(13-3-1)42-46-43(48-44(47-42)50-35-18-8-4-14-28(35)29-15-5-9-19-36(29)50)34-17-6-10-20-37(34)49-38-26-45-25-24-30(38)32-22-23-33-31-16-7-11-21-39(31)51-41(33)40(32)49/h1-26H. The number of pyridine rings is 1. The summed E-state index contributed by atoms with van der Waals surface area (Å²) in [5.41, 5.74) is 7.09. The highest BCUT2D eigenvalue weighted by molar-refractivity contribution is 7.26. The van der Waals surface area contributed by atoms with Crippen molar-refractivity contribution < 1.29 is 0 Å². The first-order chi connectivity index (χ1) is 25.3. The molecule has 0 saturated heterocycles. The zero-order chi connectivity index (χ0) is 33.5. The molecule has 0 aliphatic carbocycles. The summed E-state index contributed by atoms with van der Waals surface area (Å²) < 4.78 is 7.03. The average Bonchev–Trinajstić information content (AvgIpc) is 3.86. The molecule has 6 aromatic carbocycles. The predicted octanol–water partition coefficient (Wildman–Crippen LogP) is 11.2. The van der Waals surface area contributed by atoms with E-state index in [1.165, 1.54) is 25.6 Å². The molecule has 0 unspecified atom stereocenters. The molecule has 11 rings (SSSR count). The van der Waals surface area contributed by atoms with Crippen LogP contribution in [0.5, 0.6) is 0 Å². The lowest BCUT2D eigenvalue weighted by atomic mass is 10.1. The van der Waals surface area contributed by atoms with Crippen molar-refractivity contribution in [3.8, 4) is 34.4 Å². The maximum atomic E-state index is 5.31. The quantitative estimate of drug-likeness (QED) is 0.187.